The average molecular weight is 277 g/mol. The second-order valence-electron chi connectivity index (χ2n) is 4.86. The van der Waals surface area contributed by atoms with Crippen LogP contribution in [0.4, 0.5) is 0 Å². The third-order valence-corrected chi connectivity index (χ3v) is 3.42. The monoisotopic (exact) mass is 277 g/mol. The minimum Gasteiger partial charge on any atom is -0.462 e. The van der Waals surface area contributed by atoms with Crippen LogP contribution >= 0.6 is 0 Å². The number of esters is 1. The Kier molecular flexibility index (Phi) is 3.92. The van der Waals surface area contributed by atoms with E-state index in [1.165, 1.54) is 0 Å². The van der Waals surface area contributed by atoms with Crippen LogP contribution in [-0.2, 0) is 9.53 Å². The van der Waals surface area contributed by atoms with E-state index in [-0.39, 0.29) is 5.91 Å². The maximum absolute atomic E-state index is 12.0. The van der Waals surface area contributed by atoms with E-state index in [0.717, 1.165) is 5.70 Å². The molecule has 0 aromatic carbocycles. The van der Waals surface area contributed by atoms with Gasteiger partial charge in [-0.3, -0.25) is 9.48 Å². The summed E-state index contributed by atoms with van der Waals surface area (Å²) in [6.07, 6.45) is 1.35. The molecule has 1 aliphatic rings. The largest absolute Gasteiger partial charge is 0.462 e. The molecule has 108 valence electrons. The predicted molar refractivity (Wildman–Crippen MR) is 73.2 cm³/mol. The molecule has 1 N–H and O–H groups in total. The molecule has 0 aliphatic carbocycles. The number of nitrogens with zero attached hydrogens (tertiary/aromatic N) is 2. The van der Waals surface area contributed by atoms with Gasteiger partial charge in [-0.2, -0.15) is 5.10 Å². The number of ether oxygens (including phenoxy) is 1. The van der Waals surface area contributed by atoms with Crippen LogP contribution in [0.15, 0.2) is 12.3 Å². The van der Waals surface area contributed by atoms with Crippen molar-refractivity contribution < 1.29 is 14.3 Å². The highest BCUT2D eigenvalue weighted by Crippen LogP contribution is 2.25. The van der Waals surface area contributed by atoms with Crippen molar-refractivity contribution in [3.63, 3.8) is 0 Å². The number of hydrogen-bond donors (Lipinski definition) is 1. The quantitative estimate of drug-likeness (QED) is 0.852. The summed E-state index contributed by atoms with van der Waals surface area (Å²) in [4.78, 5) is 24.0. The van der Waals surface area contributed by atoms with Gasteiger partial charge in [-0.1, -0.05) is 6.58 Å². The van der Waals surface area contributed by atoms with Crippen molar-refractivity contribution in [2.75, 3.05) is 6.61 Å². The Labute approximate surface area is 117 Å². The molecule has 1 aromatic rings. The highest BCUT2D eigenvalue weighted by atomic mass is 16.5. The van der Waals surface area contributed by atoms with E-state index in [1.807, 2.05) is 0 Å². The standard InChI is InChI=1S/C14H19N3O3/c1-5-20-14(19)12-9(3)16-17(10(12)4)11-7-6-8(2)15-13(11)18/h11H,2,5-7H2,1,3-4H3,(H,15,18). The van der Waals surface area contributed by atoms with Gasteiger partial charge in [0.05, 0.1) is 18.0 Å². The van der Waals surface area contributed by atoms with Crippen molar-refractivity contribution in [1.82, 2.24) is 15.1 Å². The van der Waals surface area contributed by atoms with Gasteiger partial charge in [-0.15, -0.1) is 0 Å². The van der Waals surface area contributed by atoms with Gasteiger partial charge in [-0.25, -0.2) is 4.79 Å². The molecular formula is C14H19N3O3. The third kappa shape index (κ3) is 2.45. The second kappa shape index (κ2) is 5.48. The van der Waals surface area contributed by atoms with E-state index < -0.39 is 12.0 Å². The number of piperidine rings is 1. The molecule has 0 radical (unpaired) electrons. The normalized spacial score (nSPS) is 18.9. The summed E-state index contributed by atoms with van der Waals surface area (Å²) in [6.45, 7) is 9.35. The molecule has 1 saturated heterocycles. The van der Waals surface area contributed by atoms with E-state index in [0.29, 0.717) is 36.4 Å². The Morgan fingerprint density at radius 3 is 2.85 bits per heavy atom. The first kappa shape index (κ1) is 14.3. The van der Waals surface area contributed by atoms with Gasteiger partial charge in [0.2, 0.25) is 5.91 Å². The number of amides is 1. The minimum absolute atomic E-state index is 0.137. The predicted octanol–water partition coefficient (Wildman–Crippen LogP) is 1.64. The number of aryl methyl sites for hydroxylation is 1. The van der Waals surface area contributed by atoms with Gasteiger partial charge in [0.15, 0.2) is 0 Å². The summed E-state index contributed by atoms with van der Waals surface area (Å²) >= 11 is 0. The average Bonchev–Trinajstić information content (AvgIpc) is 2.65. The third-order valence-electron chi connectivity index (χ3n) is 3.42. The summed E-state index contributed by atoms with van der Waals surface area (Å²) in [5.74, 6) is -0.531. The van der Waals surface area contributed by atoms with Gasteiger partial charge in [0.25, 0.3) is 0 Å². The molecule has 0 spiro atoms. The van der Waals surface area contributed by atoms with Gasteiger partial charge in [0.1, 0.15) is 11.6 Å². The second-order valence-corrected chi connectivity index (χ2v) is 4.86. The highest BCUT2D eigenvalue weighted by molar-refractivity contribution is 5.92. The molecule has 1 fully saturated rings. The number of rotatable bonds is 3. The summed E-state index contributed by atoms with van der Waals surface area (Å²) in [7, 11) is 0. The lowest BCUT2D eigenvalue weighted by atomic mass is 10.0. The Morgan fingerprint density at radius 2 is 2.25 bits per heavy atom. The Bertz CT molecular complexity index is 574. The molecule has 6 heteroatoms. The van der Waals surface area contributed by atoms with Crippen LogP contribution in [0.2, 0.25) is 0 Å². The van der Waals surface area contributed by atoms with Crippen LogP contribution in [0.1, 0.15) is 47.6 Å². The molecule has 0 saturated carbocycles. The van der Waals surface area contributed by atoms with E-state index in [2.05, 4.69) is 17.0 Å². The van der Waals surface area contributed by atoms with Crippen LogP contribution in [0.3, 0.4) is 0 Å². The summed E-state index contributed by atoms with van der Waals surface area (Å²) in [6, 6.07) is -0.401. The van der Waals surface area contributed by atoms with Gasteiger partial charge < -0.3 is 10.1 Å². The molecule has 1 atom stereocenters. The number of carbonyl (C=O) groups excluding carboxylic acids is 2. The maximum atomic E-state index is 12.0. The summed E-state index contributed by atoms with van der Waals surface area (Å²) < 4.78 is 6.64. The summed E-state index contributed by atoms with van der Waals surface area (Å²) in [5.41, 5.74) is 2.41. The van der Waals surface area contributed by atoms with Gasteiger partial charge in [0, 0.05) is 5.70 Å². The van der Waals surface area contributed by atoms with E-state index in [4.69, 9.17) is 4.74 Å². The van der Waals surface area contributed by atoms with Crippen LogP contribution in [-0.4, -0.2) is 28.3 Å². The molecule has 1 unspecified atom stereocenters. The van der Waals surface area contributed by atoms with Crippen molar-refractivity contribution >= 4 is 11.9 Å². The molecule has 20 heavy (non-hydrogen) atoms. The molecule has 1 amide bonds. The zero-order chi connectivity index (χ0) is 14.9. The van der Waals surface area contributed by atoms with Crippen molar-refractivity contribution in [3.05, 3.63) is 29.2 Å². The highest BCUT2D eigenvalue weighted by Gasteiger charge is 2.30. The zero-order valence-electron chi connectivity index (χ0n) is 12.0. The van der Waals surface area contributed by atoms with Crippen molar-refractivity contribution in [2.24, 2.45) is 0 Å². The van der Waals surface area contributed by atoms with Gasteiger partial charge in [-0.05, 0) is 33.6 Å². The number of carbonyl (C=O) groups is 2. The van der Waals surface area contributed by atoms with Crippen LogP contribution in [0, 0.1) is 13.8 Å². The number of allylic oxidation sites excluding steroid dienone is 1. The van der Waals surface area contributed by atoms with Crippen LogP contribution < -0.4 is 5.32 Å². The molecule has 2 heterocycles. The SMILES string of the molecule is C=C1CCC(n2nc(C)c(C(=O)OCC)c2C)C(=O)N1. The topological polar surface area (TPSA) is 73.2 Å². The van der Waals surface area contributed by atoms with E-state index in [9.17, 15) is 9.59 Å². The number of aromatic nitrogens is 2. The lowest BCUT2D eigenvalue weighted by Crippen LogP contribution is -2.37. The Hall–Kier alpha value is -2.11. The minimum atomic E-state index is -0.401. The Morgan fingerprint density at radius 1 is 1.55 bits per heavy atom. The molecular weight excluding hydrogens is 258 g/mol. The number of nitrogens with one attached hydrogen (secondary N) is 1. The fourth-order valence-electron chi connectivity index (χ4n) is 2.46. The zero-order valence-corrected chi connectivity index (χ0v) is 12.0. The molecule has 1 aromatic heterocycles. The van der Waals surface area contributed by atoms with E-state index >= 15 is 0 Å². The maximum Gasteiger partial charge on any atom is 0.341 e. The van der Waals surface area contributed by atoms with Crippen molar-refractivity contribution in [1.29, 1.82) is 0 Å². The van der Waals surface area contributed by atoms with Crippen LogP contribution in [0.5, 0.6) is 0 Å². The smallest absolute Gasteiger partial charge is 0.341 e. The van der Waals surface area contributed by atoms with Crippen LogP contribution in [0.25, 0.3) is 0 Å². The van der Waals surface area contributed by atoms with Gasteiger partial charge >= 0.3 is 5.97 Å². The first-order valence-corrected chi connectivity index (χ1v) is 6.67. The van der Waals surface area contributed by atoms with E-state index in [1.54, 1.807) is 25.5 Å². The lowest BCUT2D eigenvalue weighted by molar-refractivity contribution is -0.125. The molecule has 6 nitrogen and oxygen atoms in total. The van der Waals surface area contributed by atoms with Crippen molar-refractivity contribution in [3.8, 4) is 0 Å². The first-order valence-electron chi connectivity index (χ1n) is 6.67. The fraction of sp³-hybridized carbons (Fsp3) is 0.500. The molecule has 1 aliphatic heterocycles. The van der Waals surface area contributed by atoms with Crippen molar-refractivity contribution in [2.45, 2.75) is 39.7 Å². The molecule has 2 rings (SSSR count). The molecule has 0 bridgehead atoms. The number of hydrogen-bond acceptors (Lipinski definition) is 4. The Balaban J connectivity index is 2.34. The fourth-order valence-corrected chi connectivity index (χ4v) is 2.46. The first-order chi connectivity index (χ1) is 9.45. The summed E-state index contributed by atoms with van der Waals surface area (Å²) in [5, 5.41) is 7.07. The lowest BCUT2D eigenvalue weighted by Gasteiger charge is -2.24.